The van der Waals surface area contributed by atoms with Gasteiger partial charge in [0.25, 0.3) is 0 Å². The Morgan fingerprint density at radius 2 is 1.86 bits per heavy atom. The second kappa shape index (κ2) is 9.04. The third-order valence-electron chi connectivity index (χ3n) is 3.69. The predicted octanol–water partition coefficient (Wildman–Crippen LogP) is 3.99. The van der Waals surface area contributed by atoms with Crippen molar-refractivity contribution in [3.63, 3.8) is 0 Å². The number of sulfone groups is 1. The van der Waals surface area contributed by atoms with Crippen molar-refractivity contribution < 1.29 is 26.4 Å². The lowest BCUT2D eigenvalue weighted by molar-refractivity contribution is -0.134. The van der Waals surface area contributed by atoms with Gasteiger partial charge in [0.05, 0.1) is 21.9 Å². The summed E-state index contributed by atoms with van der Waals surface area (Å²) in [6.07, 6.45) is -4.19. The van der Waals surface area contributed by atoms with Gasteiger partial charge in [0.15, 0.2) is 9.84 Å². The number of carbonyl (C=O) groups excluding carboxylic acids is 1. The van der Waals surface area contributed by atoms with Gasteiger partial charge in [-0.25, -0.2) is 13.4 Å². The first-order valence-electron chi connectivity index (χ1n) is 8.60. The van der Waals surface area contributed by atoms with E-state index < -0.39 is 34.6 Å². The Bertz CT molecular complexity index is 905. The maximum absolute atomic E-state index is 12.2. The molecule has 0 saturated heterocycles. The number of alkyl halides is 3. The Morgan fingerprint density at radius 3 is 2.43 bits per heavy atom. The van der Waals surface area contributed by atoms with E-state index >= 15 is 0 Å². The molecule has 0 spiro atoms. The summed E-state index contributed by atoms with van der Waals surface area (Å²) >= 11 is 1.32. The molecule has 0 aliphatic carbocycles. The molecule has 10 heteroatoms. The first kappa shape index (κ1) is 22.4. The van der Waals surface area contributed by atoms with E-state index in [0.717, 1.165) is 10.4 Å². The SMILES string of the molecule is CC(C)NC(=O)Cc1ncc(-c2ccc(S(=O)(=O)CCCC(F)(F)F)cc2)s1. The lowest BCUT2D eigenvalue weighted by Gasteiger charge is -2.07. The first-order valence-corrected chi connectivity index (χ1v) is 11.1. The average Bonchev–Trinajstić information content (AvgIpc) is 3.01. The van der Waals surface area contributed by atoms with Gasteiger partial charge in [-0.1, -0.05) is 12.1 Å². The summed E-state index contributed by atoms with van der Waals surface area (Å²) in [6.45, 7) is 3.73. The number of amides is 1. The Labute approximate surface area is 165 Å². The fraction of sp³-hybridized carbons (Fsp3) is 0.444. The van der Waals surface area contributed by atoms with E-state index in [1.54, 1.807) is 18.3 Å². The van der Waals surface area contributed by atoms with Crippen LogP contribution in [-0.2, 0) is 21.1 Å². The highest BCUT2D eigenvalue weighted by atomic mass is 32.2. The molecule has 1 aromatic heterocycles. The number of hydrogen-bond acceptors (Lipinski definition) is 5. The number of thiazole rings is 1. The monoisotopic (exact) mass is 434 g/mol. The number of nitrogens with one attached hydrogen (secondary N) is 1. The van der Waals surface area contributed by atoms with Gasteiger partial charge < -0.3 is 5.32 Å². The van der Waals surface area contributed by atoms with Crippen molar-refractivity contribution in [1.29, 1.82) is 0 Å². The van der Waals surface area contributed by atoms with Gasteiger partial charge in [-0.05, 0) is 38.0 Å². The van der Waals surface area contributed by atoms with E-state index in [2.05, 4.69) is 10.3 Å². The quantitative estimate of drug-likeness (QED) is 0.682. The molecule has 1 N–H and O–H groups in total. The van der Waals surface area contributed by atoms with Crippen molar-refractivity contribution in [3.8, 4) is 10.4 Å². The minimum absolute atomic E-state index is 0.0144. The van der Waals surface area contributed by atoms with E-state index in [-0.39, 0.29) is 23.3 Å². The van der Waals surface area contributed by atoms with Gasteiger partial charge in [-0.3, -0.25) is 4.79 Å². The molecular formula is C18H21F3N2O3S2. The van der Waals surface area contributed by atoms with Crippen LogP contribution >= 0.6 is 11.3 Å². The maximum Gasteiger partial charge on any atom is 0.389 e. The molecule has 0 radical (unpaired) electrons. The van der Waals surface area contributed by atoms with E-state index in [0.29, 0.717) is 5.01 Å². The average molecular weight is 435 g/mol. The van der Waals surface area contributed by atoms with Gasteiger partial charge in [-0.2, -0.15) is 13.2 Å². The van der Waals surface area contributed by atoms with Gasteiger partial charge in [-0.15, -0.1) is 11.3 Å². The molecule has 154 valence electrons. The lowest BCUT2D eigenvalue weighted by Crippen LogP contribution is -2.31. The Morgan fingerprint density at radius 1 is 1.21 bits per heavy atom. The Kier molecular flexibility index (Phi) is 7.22. The molecule has 28 heavy (non-hydrogen) atoms. The zero-order chi connectivity index (χ0) is 20.9. The second-order valence-electron chi connectivity index (χ2n) is 6.58. The molecule has 5 nitrogen and oxygen atoms in total. The van der Waals surface area contributed by atoms with E-state index in [1.807, 2.05) is 13.8 Å². The van der Waals surface area contributed by atoms with Crippen LogP contribution in [0.25, 0.3) is 10.4 Å². The molecular weight excluding hydrogens is 413 g/mol. The maximum atomic E-state index is 12.2. The summed E-state index contributed by atoms with van der Waals surface area (Å²) in [4.78, 5) is 16.8. The number of aromatic nitrogens is 1. The summed E-state index contributed by atoms with van der Waals surface area (Å²) in [5.41, 5.74) is 0.724. The topological polar surface area (TPSA) is 76.1 Å². The van der Waals surface area contributed by atoms with Crippen molar-refractivity contribution in [3.05, 3.63) is 35.5 Å². The van der Waals surface area contributed by atoms with Gasteiger partial charge in [0.2, 0.25) is 5.91 Å². The van der Waals surface area contributed by atoms with Crippen molar-refractivity contribution >= 4 is 27.1 Å². The minimum atomic E-state index is -4.37. The van der Waals surface area contributed by atoms with Gasteiger partial charge >= 0.3 is 6.18 Å². The molecule has 1 aromatic carbocycles. The van der Waals surface area contributed by atoms with E-state index in [4.69, 9.17) is 0 Å². The third-order valence-corrected chi connectivity index (χ3v) is 6.55. The van der Waals surface area contributed by atoms with Crippen LogP contribution in [-0.4, -0.2) is 37.3 Å². The van der Waals surface area contributed by atoms with Crippen molar-refractivity contribution in [1.82, 2.24) is 10.3 Å². The number of halogens is 3. The molecule has 1 heterocycles. The molecule has 2 aromatic rings. The summed E-state index contributed by atoms with van der Waals surface area (Å²) < 4.78 is 60.9. The molecule has 0 aliphatic heterocycles. The number of rotatable bonds is 8. The van der Waals surface area contributed by atoms with Crippen LogP contribution in [0.15, 0.2) is 35.4 Å². The second-order valence-corrected chi connectivity index (χ2v) is 9.80. The first-order chi connectivity index (χ1) is 13.0. The summed E-state index contributed by atoms with van der Waals surface area (Å²) in [7, 11) is -3.77. The summed E-state index contributed by atoms with van der Waals surface area (Å²) in [5.74, 6) is -0.683. The molecule has 0 saturated carbocycles. The van der Waals surface area contributed by atoms with Gasteiger partial charge in [0, 0.05) is 18.7 Å². The number of benzene rings is 1. The number of hydrogen-bond donors (Lipinski definition) is 1. The van der Waals surface area contributed by atoms with Crippen LogP contribution < -0.4 is 5.32 Å². The van der Waals surface area contributed by atoms with Crippen LogP contribution in [0.5, 0.6) is 0 Å². The zero-order valence-electron chi connectivity index (χ0n) is 15.4. The van der Waals surface area contributed by atoms with Crippen molar-refractivity contribution in [2.24, 2.45) is 0 Å². The minimum Gasteiger partial charge on any atom is -0.354 e. The fourth-order valence-corrected chi connectivity index (χ4v) is 4.68. The highest BCUT2D eigenvalue weighted by molar-refractivity contribution is 7.91. The smallest absolute Gasteiger partial charge is 0.354 e. The van der Waals surface area contributed by atoms with Crippen molar-refractivity contribution in [2.45, 2.75) is 50.2 Å². The third kappa shape index (κ3) is 6.90. The molecule has 0 atom stereocenters. The molecule has 1 amide bonds. The summed E-state index contributed by atoms with van der Waals surface area (Å²) in [6, 6.07) is 5.97. The number of carbonyl (C=O) groups is 1. The standard InChI is InChI=1S/C18H21F3N2O3S2/c1-12(2)23-16(24)10-17-22-11-15(27-17)13-4-6-14(7-5-13)28(25,26)9-3-8-18(19,20)21/h4-7,11-12H,3,8-10H2,1-2H3,(H,23,24). The lowest BCUT2D eigenvalue weighted by atomic mass is 10.2. The molecule has 0 fully saturated rings. The molecule has 2 rings (SSSR count). The van der Waals surface area contributed by atoms with Crippen molar-refractivity contribution in [2.75, 3.05) is 5.75 Å². The van der Waals surface area contributed by atoms with Crippen LogP contribution in [0.2, 0.25) is 0 Å². The molecule has 0 unspecified atom stereocenters. The Hall–Kier alpha value is -1.94. The largest absolute Gasteiger partial charge is 0.389 e. The van der Waals surface area contributed by atoms with E-state index in [1.165, 1.54) is 23.5 Å². The fourth-order valence-electron chi connectivity index (χ4n) is 2.44. The normalized spacial score (nSPS) is 12.4. The van der Waals surface area contributed by atoms with E-state index in [9.17, 15) is 26.4 Å². The Balaban J connectivity index is 2.03. The van der Waals surface area contributed by atoms with Crippen LogP contribution in [0.4, 0.5) is 13.2 Å². The number of nitrogens with zero attached hydrogens (tertiary/aromatic N) is 1. The molecule has 0 bridgehead atoms. The van der Waals surface area contributed by atoms with Gasteiger partial charge in [0.1, 0.15) is 5.01 Å². The highest BCUT2D eigenvalue weighted by Gasteiger charge is 2.27. The summed E-state index contributed by atoms with van der Waals surface area (Å²) in [5, 5.41) is 3.42. The van der Waals surface area contributed by atoms with Crippen LogP contribution in [0.3, 0.4) is 0 Å². The zero-order valence-corrected chi connectivity index (χ0v) is 17.0. The molecule has 0 aliphatic rings. The predicted molar refractivity (Wildman–Crippen MR) is 102 cm³/mol. The van der Waals surface area contributed by atoms with Crippen LogP contribution in [0.1, 0.15) is 31.7 Å². The van der Waals surface area contributed by atoms with Crippen LogP contribution in [0, 0.1) is 0 Å². The highest BCUT2D eigenvalue weighted by Crippen LogP contribution is 2.28.